The number of halogens is 1. The molecule has 0 unspecified atom stereocenters. The van der Waals surface area contributed by atoms with Crippen LogP contribution in [0.3, 0.4) is 0 Å². The molecule has 0 radical (unpaired) electrons. The Kier molecular flexibility index (Phi) is 6.85. The minimum Gasteiger partial charge on any atom is -0.494 e. The molecule has 0 saturated carbocycles. The van der Waals surface area contributed by atoms with E-state index < -0.39 is 0 Å². The molecule has 1 amide bonds. The van der Waals surface area contributed by atoms with Gasteiger partial charge >= 0.3 is 0 Å². The zero-order valence-corrected chi connectivity index (χ0v) is 19.5. The smallest absolute Gasteiger partial charge is 0.230 e. The maximum absolute atomic E-state index is 13.2. The number of thioether (sulfide) groups is 1. The highest BCUT2D eigenvalue weighted by molar-refractivity contribution is 7.99. The Hall–Kier alpha value is -2.48. The molecule has 4 rings (SSSR count). The molecule has 2 aromatic heterocycles. The zero-order chi connectivity index (χ0) is 21.8. The average Bonchev–Trinajstić information content (AvgIpc) is 3.44. The fourth-order valence-electron chi connectivity index (χ4n) is 3.07. The number of ether oxygens (including phenoxy) is 1. The van der Waals surface area contributed by atoms with Crippen LogP contribution in [0, 0.1) is 6.92 Å². The molecule has 0 fully saturated rings. The number of amides is 1. The summed E-state index contributed by atoms with van der Waals surface area (Å²) in [7, 11) is 1.59. The molecule has 5 nitrogen and oxygen atoms in total. The van der Waals surface area contributed by atoms with Crippen molar-refractivity contribution in [2.24, 2.45) is 0 Å². The molecule has 8 heteroatoms. The molecule has 0 spiro atoms. The number of anilines is 1. The Labute approximate surface area is 194 Å². The molecule has 0 N–H and O–H groups in total. The van der Waals surface area contributed by atoms with Crippen LogP contribution in [0.2, 0.25) is 5.02 Å². The summed E-state index contributed by atoms with van der Waals surface area (Å²) < 4.78 is 11.7. The maximum atomic E-state index is 13.2. The molecular weight excluding hydrogens is 452 g/mol. The maximum Gasteiger partial charge on any atom is 0.230 e. The Bertz CT molecular complexity index is 1170. The largest absolute Gasteiger partial charge is 0.494 e. The number of carbonyl (C=O) groups is 1. The lowest BCUT2D eigenvalue weighted by molar-refractivity contribution is -0.118. The van der Waals surface area contributed by atoms with Gasteiger partial charge in [-0.15, -0.1) is 11.8 Å². The average molecular weight is 473 g/mol. The van der Waals surface area contributed by atoms with E-state index in [1.165, 1.54) is 16.9 Å². The van der Waals surface area contributed by atoms with Crippen molar-refractivity contribution in [1.29, 1.82) is 0 Å². The fraction of sp³-hybridized carbons (Fsp3) is 0.217. The Morgan fingerprint density at radius 2 is 2.03 bits per heavy atom. The first-order valence-electron chi connectivity index (χ1n) is 9.70. The number of rotatable bonds is 8. The minimum absolute atomic E-state index is 0.0230. The lowest BCUT2D eigenvalue weighted by Crippen LogP contribution is -2.30. The van der Waals surface area contributed by atoms with Gasteiger partial charge in [0.15, 0.2) is 5.13 Å². The lowest BCUT2D eigenvalue weighted by atomic mass is 10.2. The van der Waals surface area contributed by atoms with Crippen LogP contribution >= 0.6 is 34.7 Å². The molecule has 0 aliphatic heterocycles. The fourth-order valence-corrected chi connectivity index (χ4v) is 5.18. The van der Waals surface area contributed by atoms with Crippen molar-refractivity contribution in [2.45, 2.75) is 24.8 Å². The van der Waals surface area contributed by atoms with Crippen LogP contribution in [0.25, 0.3) is 10.2 Å². The van der Waals surface area contributed by atoms with Gasteiger partial charge in [0, 0.05) is 17.1 Å². The standard InChI is InChI=1S/C23H21ClN2O3S2/c1-15-5-7-17(8-6-15)30-13-11-20(27)26(14-16-4-3-12-29-16)23-25-21-19(28-2)10-9-18(24)22(21)31-23/h3-10,12H,11,13-14H2,1-2H3. The number of methoxy groups -OCH3 is 1. The topological polar surface area (TPSA) is 55.6 Å². The second-order valence-corrected chi connectivity index (χ2v) is 9.45. The molecule has 0 bridgehead atoms. The second kappa shape index (κ2) is 9.77. The van der Waals surface area contributed by atoms with E-state index in [-0.39, 0.29) is 5.91 Å². The van der Waals surface area contributed by atoms with Gasteiger partial charge in [0.25, 0.3) is 0 Å². The first-order valence-corrected chi connectivity index (χ1v) is 11.9. The van der Waals surface area contributed by atoms with Crippen molar-refractivity contribution < 1.29 is 13.9 Å². The third-order valence-electron chi connectivity index (χ3n) is 4.70. The summed E-state index contributed by atoms with van der Waals surface area (Å²) in [5.41, 5.74) is 1.87. The van der Waals surface area contributed by atoms with E-state index in [0.717, 1.165) is 9.60 Å². The highest BCUT2D eigenvalue weighted by Crippen LogP contribution is 2.39. The number of furan rings is 1. The van der Waals surface area contributed by atoms with Gasteiger partial charge in [-0.3, -0.25) is 9.69 Å². The Balaban J connectivity index is 1.56. The number of thiazole rings is 1. The van der Waals surface area contributed by atoms with Crippen LogP contribution in [-0.2, 0) is 11.3 Å². The van der Waals surface area contributed by atoms with Gasteiger partial charge in [-0.2, -0.15) is 0 Å². The molecule has 2 heterocycles. The quantitative estimate of drug-likeness (QED) is 0.271. The molecular formula is C23H21ClN2O3S2. The number of aromatic nitrogens is 1. The predicted molar refractivity (Wildman–Crippen MR) is 128 cm³/mol. The number of hydrogen-bond acceptors (Lipinski definition) is 6. The van der Waals surface area contributed by atoms with Gasteiger partial charge in [0.1, 0.15) is 17.0 Å². The van der Waals surface area contributed by atoms with E-state index in [1.54, 1.807) is 42.2 Å². The van der Waals surface area contributed by atoms with Gasteiger partial charge in [-0.1, -0.05) is 40.6 Å². The van der Waals surface area contributed by atoms with Gasteiger partial charge in [0.05, 0.1) is 29.6 Å². The number of benzene rings is 2. The van der Waals surface area contributed by atoms with E-state index >= 15 is 0 Å². The van der Waals surface area contributed by atoms with Crippen LogP contribution in [-0.4, -0.2) is 23.8 Å². The van der Waals surface area contributed by atoms with E-state index in [0.29, 0.717) is 45.9 Å². The van der Waals surface area contributed by atoms with Crippen LogP contribution in [0.1, 0.15) is 17.7 Å². The summed E-state index contributed by atoms with van der Waals surface area (Å²) in [6, 6.07) is 15.5. The van der Waals surface area contributed by atoms with Crippen LogP contribution in [0.4, 0.5) is 5.13 Å². The van der Waals surface area contributed by atoms with Crippen molar-refractivity contribution >= 4 is 56.0 Å². The molecule has 0 saturated heterocycles. The SMILES string of the molecule is COc1ccc(Cl)c2sc(N(Cc3ccco3)C(=O)CCSc3ccc(C)cc3)nc12. The number of nitrogens with zero attached hydrogens (tertiary/aromatic N) is 2. The summed E-state index contributed by atoms with van der Waals surface area (Å²) >= 11 is 9.42. The molecule has 2 aromatic carbocycles. The molecule has 31 heavy (non-hydrogen) atoms. The summed E-state index contributed by atoms with van der Waals surface area (Å²) in [5, 5.41) is 1.16. The van der Waals surface area contributed by atoms with E-state index in [1.807, 2.05) is 12.1 Å². The highest BCUT2D eigenvalue weighted by atomic mass is 35.5. The molecule has 0 aliphatic carbocycles. The summed E-state index contributed by atoms with van der Waals surface area (Å²) in [6.45, 7) is 2.37. The predicted octanol–water partition coefficient (Wildman–Crippen LogP) is 6.58. The zero-order valence-electron chi connectivity index (χ0n) is 17.1. The number of hydrogen-bond donors (Lipinski definition) is 0. The monoisotopic (exact) mass is 472 g/mol. The van der Waals surface area contributed by atoms with Crippen LogP contribution in [0.15, 0.2) is 64.1 Å². The van der Waals surface area contributed by atoms with Gasteiger partial charge in [-0.05, 0) is 43.3 Å². The molecule has 0 aliphatic rings. The van der Waals surface area contributed by atoms with E-state index in [9.17, 15) is 4.79 Å². The first kappa shape index (κ1) is 21.7. The van der Waals surface area contributed by atoms with Crippen molar-refractivity contribution in [2.75, 3.05) is 17.8 Å². The van der Waals surface area contributed by atoms with Gasteiger partial charge < -0.3 is 9.15 Å². The van der Waals surface area contributed by atoms with Crippen molar-refractivity contribution in [3.8, 4) is 5.75 Å². The van der Waals surface area contributed by atoms with Crippen molar-refractivity contribution in [1.82, 2.24) is 4.98 Å². The summed E-state index contributed by atoms with van der Waals surface area (Å²) in [5.74, 6) is 1.97. The summed E-state index contributed by atoms with van der Waals surface area (Å²) in [6.07, 6.45) is 1.98. The van der Waals surface area contributed by atoms with Crippen LogP contribution in [0.5, 0.6) is 5.75 Å². The van der Waals surface area contributed by atoms with E-state index in [4.69, 9.17) is 20.8 Å². The number of aryl methyl sites for hydroxylation is 1. The van der Waals surface area contributed by atoms with Crippen molar-refractivity contribution in [3.05, 3.63) is 71.1 Å². The van der Waals surface area contributed by atoms with Crippen LogP contribution < -0.4 is 9.64 Å². The first-order chi connectivity index (χ1) is 15.0. The molecule has 0 atom stereocenters. The second-order valence-electron chi connectivity index (χ2n) is 6.89. The van der Waals surface area contributed by atoms with Gasteiger partial charge in [-0.25, -0.2) is 4.98 Å². The minimum atomic E-state index is -0.0230. The summed E-state index contributed by atoms with van der Waals surface area (Å²) in [4.78, 5) is 20.7. The van der Waals surface area contributed by atoms with Crippen molar-refractivity contribution in [3.63, 3.8) is 0 Å². The third-order valence-corrected chi connectivity index (χ3v) is 7.25. The lowest BCUT2D eigenvalue weighted by Gasteiger charge is -2.18. The Morgan fingerprint density at radius 1 is 1.23 bits per heavy atom. The number of carbonyl (C=O) groups excluding carboxylic acids is 1. The van der Waals surface area contributed by atoms with Gasteiger partial charge in [0.2, 0.25) is 5.91 Å². The van der Waals surface area contributed by atoms with E-state index in [2.05, 4.69) is 36.2 Å². The molecule has 4 aromatic rings. The normalized spacial score (nSPS) is 11.1. The molecule has 160 valence electrons. The highest BCUT2D eigenvalue weighted by Gasteiger charge is 2.23. The Morgan fingerprint density at radius 3 is 2.74 bits per heavy atom. The third kappa shape index (κ3) is 5.06. The number of fused-ring (bicyclic) bond motifs is 1.